The summed E-state index contributed by atoms with van der Waals surface area (Å²) in [5.74, 6) is 0. The first-order chi connectivity index (χ1) is 13.7. The maximum Gasteiger partial charge on any atom is 0.318 e. The second-order valence-corrected chi connectivity index (χ2v) is 8.05. The van der Waals surface area contributed by atoms with E-state index >= 15 is 0 Å². The SMILES string of the molecule is C=CCN(Cc1cccs1)C(=O)NCC(c1cccc(C)c1)N1CCOCC1. The van der Waals surface area contributed by atoms with Crippen molar-refractivity contribution in [2.75, 3.05) is 39.4 Å². The normalized spacial score (nSPS) is 15.8. The van der Waals surface area contributed by atoms with Crippen LogP contribution in [0.3, 0.4) is 0 Å². The smallest absolute Gasteiger partial charge is 0.318 e. The van der Waals surface area contributed by atoms with Crippen molar-refractivity contribution >= 4 is 17.4 Å². The maximum absolute atomic E-state index is 12.9. The summed E-state index contributed by atoms with van der Waals surface area (Å²) < 4.78 is 5.52. The number of carbonyl (C=O) groups excluding carboxylic acids is 1. The third kappa shape index (κ3) is 5.67. The zero-order valence-corrected chi connectivity index (χ0v) is 17.3. The number of rotatable bonds is 8. The molecule has 5 nitrogen and oxygen atoms in total. The average Bonchev–Trinajstić information content (AvgIpc) is 3.22. The number of aryl methyl sites for hydroxylation is 1. The van der Waals surface area contributed by atoms with E-state index in [2.05, 4.69) is 54.1 Å². The summed E-state index contributed by atoms with van der Waals surface area (Å²) in [4.78, 5) is 18.2. The first kappa shape index (κ1) is 20.6. The lowest BCUT2D eigenvalue weighted by atomic mass is 10.0. The molecule has 0 spiro atoms. The molecular formula is C22H29N3O2S. The highest BCUT2D eigenvalue weighted by Crippen LogP contribution is 2.22. The first-order valence-electron chi connectivity index (χ1n) is 9.72. The lowest BCUT2D eigenvalue weighted by molar-refractivity contribution is 0.0164. The van der Waals surface area contributed by atoms with Gasteiger partial charge in [0.1, 0.15) is 0 Å². The number of hydrogen-bond donors (Lipinski definition) is 1. The summed E-state index contributed by atoms with van der Waals surface area (Å²) >= 11 is 1.66. The van der Waals surface area contributed by atoms with Gasteiger partial charge in [-0.25, -0.2) is 4.79 Å². The van der Waals surface area contributed by atoms with Crippen molar-refractivity contribution in [2.24, 2.45) is 0 Å². The highest BCUT2D eigenvalue weighted by atomic mass is 32.1. The van der Waals surface area contributed by atoms with Gasteiger partial charge in [0.2, 0.25) is 0 Å². The zero-order valence-electron chi connectivity index (χ0n) is 16.5. The molecule has 2 amide bonds. The molecule has 3 rings (SSSR count). The third-order valence-electron chi connectivity index (χ3n) is 4.92. The molecule has 150 valence electrons. The molecular weight excluding hydrogens is 370 g/mol. The van der Waals surface area contributed by atoms with E-state index in [0.29, 0.717) is 19.6 Å². The molecule has 1 unspecified atom stereocenters. The molecule has 0 saturated carbocycles. The van der Waals surface area contributed by atoms with Crippen LogP contribution in [0.25, 0.3) is 0 Å². The number of morpholine rings is 1. The summed E-state index contributed by atoms with van der Waals surface area (Å²) in [5.41, 5.74) is 2.46. The number of ether oxygens (including phenoxy) is 1. The Hall–Kier alpha value is -2.15. The van der Waals surface area contributed by atoms with E-state index in [1.807, 2.05) is 11.4 Å². The predicted octanol–water partition coefficient (Wildman–Crippen LogP) is 3.83. The molecule has 1 aromatic carbocycles. The molecule has 1 atom stereocenters. The Kier molecular flexibility index (Phi) is 7.65. The van der Waals surface area contributed by atoms with Gasteiger partial charge < -0.3 is 15.0 Å². The average molecular weight is 400 g/mol. The van der Waals surface area contributed by atoms with E-state index in [4.69, 9.17) is 4.74 Å². The van der Waals surface area contributed by atoms with Gasteiger partial charge >= 0.3 is 6.03 Å². The van der Waals surface area contributed by atoms with Crippen LogP contribution in [0.2, 0.25) is 0 Å². The standard InChI is InChI=1S/C22H29N3O2S/c1-3-9-25(17-20-8-5-14-28-20)22(26)23-16-21(24-10-12-27-13-11-24)19-7-4-6-18(2)15-19/h3-8,14-15,21H,1,9-13,16-17H2,2H3,(H,23,26). The third-order valence-corrected chi connectivity index (χ3v) is 5.78. The second-order valence-electron chi connectivity index (χ2n) is 7.01. The Labute approximate surface area is 171 Å². The monoisotopic (exact) mass is 399 g/mol. The van der Waals surface area contributed by atoms with Gasteiger partial charge in [-0.1, -0.05) is 42.0 Å². The van der Waals surface area contributed by atoms with Crippen molar-refractivity contribution in [2.45, 2.75) is 19.5 Å². The number of nitrogens with one attached hydrogen (secondary N) is 1. The van der Waals surface area contributed by atoms with Gasteiger partial charge in [0.25, 0.3) is 0 Å². The van der Waals surface area contributed by atoms with E-state index in [-0.39, 0.29) is 12.1 Å². The van der Waals surface area contributed by atoms with Crippen LogP contribution in [0.5, 0.6) is 0 Å². The zero-order chi connectivity index (χ0) is 19.8. The predicted molar refractivity (Wildman–Crippen MR) is 115 cm³/mol. The number of hydrogen-bond acceptors (Lipinski definition) is 4. The fraction of sp³-hybridized carbons (Fsp3) is 0.409. The number of amides is 2. The fourth-order valence-corrected chi connectivity index (χ4v) is 4.21. The summed E-state index contributed by atoms with van der Waals surface area (Å²) in [6.07, 6.45) is 1.77. The van der Waals surface area contributed by atoms with Crippen LogP contribution in [0.15, 0.2) is 54.4 Å². The lowest BCUT2D eigenvalue weighted by Crippen LogP contribution is -2.46. The molecule has 1 aliphatic rings. The van der Waals surface area contributed by atoms with Crippen LogP contribution in [0.4, 0.5) is 4.79 Å². The molecule has 2 aromatic rings. The molecule has 1 fully saturated rings. The molecule has 6 heteroatoms. The van der Waals surface area contributed by atoms with Gasteiger partial charge in [-0.15, -0.1) is 17.9 Å². The van der Waals surface area contributed by atoms with Gasteiger partial charge in [-0.3, -0.25) is 4.90 Å². The van der Waals surface area contributed by atoms with Crippen LogP contribution in [-0.4, -0.2) is 55.2 Å². The molecule has 1 aromatic heterocycles. The van der Waals surface area contributed by atoms with E-state index in [9.17, 15) is 4.79 Å². The molecule has 1 aliphatic heterocycles. The van der Waals surface area contributed by atoms with Crippen molar-refractivity contribution in [1.82, 2.24) is 15.1 Å². The summed E-state index contributed by atoms with van der Waals surface area (Å²) in [6, 6.07) is 12.7. The number of nitrogens with zero attached hydrogens (tertiary/aromatic N) is 2. The topological polar surface area (TPSA) is 44.8 Å². The van der Waals surface area contributed by atoms with Crippen molar-refractivity contribution in [1.29, 1.82) is 0 Å². The van der Waals surface area contributed by atoms with Gasteiger partial charge in [0, 0.05) is 31.1 Å². The quantitative estimate of drug-likeness (QED) is 0.686. The molecule has 0 radical (unpaired) electrons. The van der Waals surface area contributed by atoms with E-state index in [1.165, 1.54) is 16.0 Å². The van der Waals surface area contributed by atoms with E-state index < -0.39 is 0 Å². The Bertz CT molecular complexity index is 757. The lowest BCUT2D eigenvalue weighted by Gasteiger charge is -2.35. The Morgan fingerprint density at radius 2 is 2.18 bits per heavy atom. The minimum absolute atomic E-state index is 0.0563. The van der Waals surface area contributed by atoms with Crippen LogP contribution in [0, 0.1) is 6.92 Å². The van der Waals surface area contributed by atoms with Crippen LogP contribution < -0.4 is 5.32 Å². The number of carbonyl (C=O) groups is 1. The molecule has 1 N–H and O–H groups in total. The second kappa shape index (κ2) is 10.4. The highest BCUT2D eigenvalue weighted by molar-refractivity contribution is 7.09. The molecule has 1 saturated heterocycles. The largest absolute Gasteiger partial charge is 0.379 e. The van der Waals surface area contributed by atoms with Gasteiger partial charge in [0.05, 0.1) is 25.8 Å². The molecule has 2 heterocycles. The minimum Gasteiger partial charge on any atom is -0.379 e. The number of thiophene rings is 1. The van der Waals surface area contributed by atoms with Gasteiger partial charge in [-0.05, 0) is 23.9 Å². The number of benzene rings is 1. The van der Waals surface area contributed by atoms with Crippen LogP contribution in [-0.2, 0) is 11.3 Å². The van der Waals surface area contributed by atoms with Gasteiger partial charge in [-0.2, -0.15) is 0 Å². The summed E-state index contributed by atoms with van der Waals surface area (Å²) in [6.45, 7) is 10.8. The molecule has 0 bridgehead atoms. The fourth-order valence-electron chi connectivity index (χ4n) is 3.49. The molecule has 28 heavy (non-hydrogen) atoms. The maximum atomic E-state index is 12.9. The Balaban J connectivity index is 1.68. The van der Waals surface area contributed by atoms with E-state index in [0.717, 1.165) is 26.3 Å². The van der Waals surface area contributed by atoms with Crippen molar-refractivity contribution < 1.29 is 9.53 Å². The van der Waals surface area contributed by atoms with E-state index in [1.54, 1.807) is 22.3 Å². The summed E-state index contributed by atoms with van der Waals surface area (Å²) in [7, 11) is 0. The van der Waals surface area contributed by atoms with Crippen molar-refractivity contribution in [3.05, 3.63) is 70.4 Å². The first-order valence-corrected chi connectivity index (χ1v) is 10.6. The Morgan fingerprint density at radius 3 is 2.86 bits per heavy atom. The minimum atomic E-state index is -0.0563. The van der Waals surface area contributed by atoms with Gasteiger partial charge in [0.15, 0.2) is 0 Å². The van der Waals surface area contributed by atoms with Crippen molar-refractivity contribution in [3.8, 4) is 0 Å². The summed E-state index contributed by atoms with van der Waals surface area (Å²) in [5, 5.41) is 5.19. The van der Waals surface area contributed by atoms with Crippen LogP contribution in [0.1, 0.15) is 22.0 Å². The molecule has 0 aliphatic carbocycles. The Morgan fingerprint density at radius 1 is 1.36 bits per heavy atom. The van der Waals surface area contributed by atoms with Crippen LogP contribution >= 0.6 is 11.3 Å². The highest BCUT2D eigenvalue weighted by Gasteiger charge is 2.24. The van der Waals surface area contributed by atoms with Crippen molar-refractivity contribution in [3.63, 3.8) is 0 Å². The number of urea groups is 1.